The molecule has 9 heteroatoms. The van der Waals surface area contributed by atoms with E-state index in [9.17, 15) is 27.2 Å². The van der Waals surface area contributed by atoms with Gasteiger partial charge in [0, 0.05) is 17.1 Å². The maximum absolute atomic E-state index is 13.1. The Morgan fingerprint density at radius 3 is 2.34 bits per heavy atom. The lowest BCUT2D eigenvalue weighted by molar-refractivity contribution is -0.138. The molecule has 1 aliphatic rings. The molecule has 2 heterocycles. The summed E-state index contributed by atoms with van der Waals surface area (Å²) in [5.74, 6) is -1.55. The number of hydrogen-bond acceptors (Lipinski definition) is 4. The number of alkyl halides is 3. The van der Waals surface area contributed by atoms with Crippen LogP contribution >= 0.6 is 11.3 Å². The molecule has 1 aromatic heterocycles. The van der Waals surface area contributed by atoms with Gasteiger partial charge in [0.25, 0.3) is 11.8 Å². The second kappa shape index (κ2) is 8.58. The van der Waals surface area contributed by atoms with Crippen LogP contribution in [0.3, 0.4) is 0 Å². The molecule has 164 valence electrons. The number of nitrogens with zero attached hydrogens (tertiary/aromatic N) is 1. The molecule has 0 unspecified atom stereocenters. The predicted octanol–water partition coefficient (Wildman–Crippen LogP) is 5.34. The fourth-order valence-corrected chi connectivity index (χ4v) is 4.12. The van der Waals surface area contributed by atoms with E-state index in [-0.39, 0.29) is 23.5 Å². The van der Waals surface area contributed by atoms with Gasteiger partial charge in [0.15, 0.2) is 0 Å². The molecule has 0 fully saturated rings. The van der Waals surface area contributed by atoms with E-state index in [1.54, 1.807) is 29.6 Å². The van der Waals surface area contributed by atoms with Crippen LogP contribution in [-0.4, -0.2) is 23.3 Å². The summed E-state index contributed by atoms with van der Waals surface area (Å²) in [6, 6.07) is 13.5. The Kier molecular flexibility index (Phi) is 5.84. The minimum Gasteiger partial charge on any atom is -0.350 e. The summed E-state index contributed by atoms with van der Waals surface area (Å²) in [6.07, 6.45) is -4.23. The molecule has 4 nitrogen and oxygen atoms in total. The third-order valence-corrected chi connectivity index (χ3v) is 5.82. The van der Waals surface area contributed by atoms with E-state index < -0.39 is 29.4 Å². The quantitative estimate of drug-likeness (QED) is 0.399. The Hall–Kier alpha value is -3.46. The molecule has 2 amide bonds. The van der Waals surface area contributed by atoms with Crippen LogP contribution in [0.4, 0.5) is 23.2 Å². The largest absolute Gasteiger partial charge is 0.416 e. The van der Waals surface area contributed by atoms with Gasteiger partial charge < -0.3 is 5.32 Å². The number of benzene rings is 2. The lowest BCUT2D eigenvalue weighted by atomic mass is 10.1. The van der Waals surface area contributed by atoms with Gasteiger partial charge in [0.2, 0.25) is 0 Å². The molecule has 0 spiro atoms. The van der Waals surface area contributed by atoms with Crippen molar-refractivity contribution in [3.63, 3.8) is 0 Å². The molecule has 0 bridgehead atoms. The van der Waals surface area contributed by atoms with E-state index in [0.717, 1.165) is 22.6 Å². The molecule has 1 aliphatic heterocycles. The SMILES string of the molecule is O=C1C(Nc2cccc(C(F)(F)F)c2)=C(c2cccs2)C(=O)N1CCc1ccc(F)cc1. The Morgan fingerprint density at radius 1 is 0.938 bits per heavy atom. The zero-order valence-electron chi connectivity index (χ0n) is 16.4. The number of nitrogens with one attached hydrogen (secondary N) is 1. The third-order valence-electron chi connectivity index (χ3n) is 4.93. The van der Waals surface area contributed by atoms with Crippen molar-refractivity contribution < 1.29 is 27.2 Å². The number of halogens is 4. The first-order valence-corrected chi connectivity index (χ1v) is 10.4. The number of hydrogen-bond donors (Lipinski definition) is 1. The normalized spacial score (nSPS) is 14.4. The van der Waals surface area contributed by atoms with Crippen molar-refractivity contribution in [2.24, 2.45) is 0 Å². The van der Waals surface area contributed by atoms with Gasteiger partial charge in [0.1, 0.15) is 11.5 Å². The summed E-state index contributed by atoms with van der Waals surface area (Å²) < 4.78 is 52.4. The summed E-state index contributed by atoms with van der Waals surface area (Å²) in [5.41, 5.74) is -0.0440. The van der Waals surface area contributed by atoms with Gasteiger partial charge in [0.05, 0.1) is 11.1 Å². The van der Waals surface area contributed by atoms with Gasteiger partial charge in [-0.1, -0.05) is 24.3 Å². The van der Waals surface area contributed by atoms with E-state index in [1.807, 2.05) is 0 Å². The molecule has 0 saturated heterocycles. The molecule has 3 aromatic rings. The van der Waals surface area contributed by atoms with E-state index in [1.165, 1.54) is 35.6 Å². The van der Waals surface area contributed by atoms with Crippen LogP contribution in [0.1, 0.15) is 16.0 Å². The maximum atomic E-state index is 13.1. The zero-order chi connectivity index (χ0) is 22.9. The summed E-state index contributed by atoms with van der Waals surface area (Å²) in [5, 5.41) is 4.47. The molecule has 32 heavy (non-hydrogen) atoms. The first-order valence-electron chi connectivity index (χ1n) is 9.57. The highest BCUT2D eigenvalue weighted by Crippen LogP contribution is 2.35. The first kappa shape index (κ1) is 21.8. The molecule has 2 aromatic carbocycles. The highest BCUT2D eigenvalue weighted by molar-refractivity contribution is 7.11. The second-order valence-electron chi connectivity index (χ2n) is 7.07. The highest BCUT2D eigenvalue weighted by atomic mass is 32.1. The van der Waals surface area contributed by atoms with E-state index in [2.05, 4.69) is 5.32 Å². The molecular formula is C23H16F4N2O2S. The van der Waals surface area contributed by atoms with Crippen molar-refractivity contribution in [3.05, 3.63) is 93.6 Å². The standard InChI is InChI=1S/C23H16F4N2O2S/c24-16-8-6-14(7-9-16)10-11-29-21(30)19(18-5-2-12-32-18)20(22(29)31)28-17-4-1-3-15(13-17)23(25,26)27/h1-9,12-13,28H,10-11H2. The van der Waals surface area contributed by atoms with Crippen LogP contribution in [0.2, 0.25) is 0 Å². The Bertz CT molecular complexity index is 1190. The maximum Gasteiger partial charge on any atom is 0.416 e. The van der Waals surface area contributed by atoms with Crippen LogP contribution < -0.4 is 5.32 Å². The summed E-state index contributed by atoms with van der Waals surface area (Å²) in [6.45, 7) is 0.0476. The van der Waals surface area contributed by atoms with E-state index in [0.29, 0.717) is 11.3 Å². The van der Waals surface area contributed by atoms with Gasteiger partial charge in [-0.25, -0.2) is 4.39 Å². The van der Waals surface area contributed by atoms with Gasteiger partial charge in [-0.05, 0) is 53.8 Å². The number of carbonyl (C=O) groups is 2. The van der Waals surface area contributed by atoms with Gasteiger partial charge in [-0.3, -0.25) is 14.5 Å². The first-order chi connectivity index (χ1) is 15.2. The summed E-state index contributed by atoms with van der Waals surface area (Å²) in [7, 11) is 0. The molecule has 1 N–H and O–H groups in total. The predicted molar refractivity (Wildman–Crippen MR) is 113 cm³/mol. The topological polar surface area (TPSA) is 49.4 Å². The van der Waals surface area contributed by atoms with Crippen molar-refractivity contribution >= 4 is 34.4 Å². The van der Waals surface area contributed by atoms with Gasteiger partial charge in [-0.15, -0.1) is 11.3 Å². The number of rotatable bonds is 6. The summed E-state index contributed by atoms with van der Waals surface area (Å²) >= 11 is 1.25. The van der Waals surface area contributed by atoms with E-state index in [4.69, 9.17) is 0 Å². The van der Waals surface area contributed by atoms with Crippen molar-refractivity contribution in [1.82, 2.24) is 4.90 Å². The van der Waals surface area contributed by atoms with Crippen molar-refractivity contribution in [1.29, 1.82) is 0 Å². The number of imide groups is 1. The van der Waals surface area contributed by atoms with Crippen LogP contribution in [0.5, 0.6) is 0 Å². The van der Waals surface area contributed by atoms with Crippen molar-refractivity contribution in [3.8, 4) is 0 Å². The summed E-state index contributed by atoms with van der Waals surface area (Å²) in [4.78, 5) is 27.8. The van der Waals surface area contributed by atoms with Gasteiger partial charge >= 0.3 is 6.18 Å². The number of amides is 2. The Morgan fingerprint density at radius 2 is 1.69 bits per heavy atom. The monoisotopic (exact) mass is 460 g/mol. The van der Waals surface area contributed by atoms with Crippen LogP contribution in [0.15, 0.2) is 71.7 Å². The average molecular weight is 460 g/mol. The Labute approximate surface area is 184 Å². The average Bonchev–Trinajstić information content (AvgIpc) is 3.35. The zero-order valence-corrected chi connectivity index (χ0v) is 17.3. The third kappa shape index (κ3) is 4.43. The fraction of sp³-hybridized carbons (Fsp3) is 0.130. The lowest BCUT2D eigenvalue weighted by Gasteiger charge is -2.15. The van der Waals surface area contributed by atoms with Crippen molar-refractivity contribution in [2.45, 2.75) is 12.6 Å². The lowest BCUT2D eigenvalue weighted by Crippen LogP contribution is -2.34. The van der Waals surface area contributed by atoms with Crippen LogP contribution in [0, 0.1) is 5.82 Å². The molecular weight excluding hydrogens is 444 g/mol. The number of carbonyl (C=O) groups excluding carboxylic acids is 2. The smallest absolute Gasteiger partial charge is 0.350 e. The number of anilines is 1. The molecule has 4 rings (SSSR count). The molecule has 0 saturated carbocycles. The van der Waals surface area contributed by atoms with Crippen molar-refractivity contribution in [2.75, 3.05) is 11.9 Å². The molecule has 0 atom stereocenters. The van der Waals surface area contributed by atoms with E-state index >= 15 is 0 Å². The highest BCUT2D eigenvalue weighted by Gasteiger charge is 2.39. The minimum atomic E-state index is -4.54. The second-order valence-corrected chi connectivity index (χ2v) is 8.02. The number of thiophene rings is 1. The Balaban J connectivity index is 1.63. The fourth-order valence-electron chi connectivity index (χ4n) is 3.35. The van der Waals surface area contributed by atoms with Crippen LogP contribution in [-0.2, 0) is 22.2 Å². The van der Waals surface area contributed by atoms with Gasteiger partial charge in [-0.2, -0.15) is 13.2 Å². The molecule has 0 aliphatic carbocycles. The van der Waals surface area contributed by atoms with Crippen LogP contribution in [0.25, 0.3) is 5.57 Å². The molecule has 0 radical (unpaired) electrons. The minimum absolute atomic E-state index is 0.0467.